The van der Waals surface area contributed by atoms with Gasteiger partial charge in [0.25, 0.3) is 0 Å². The van der Waals surface area contributed by atoms with Crippen molar-refractivity contribution < 1.29 is 23.8 Å². The minimum absolute atomic E-state index is 0.0316. The molecule has 0 spiro atoms. The van der Waals surface area contributed by atoms with Crippen molar-refractivity contribution in [3.05, 3.63) is 53.1 Å². The second-order valence-electron chi connectivity index (χ2n) is 12.5. The molecule has 40 heavy (non-hydrogen) atoms. The molecule has 1 aromatic heterocycles. The summed E-state index contributed by atoms with van der Waals surface area (Å²) in [6.45, 7) is 5.77. The molecule has 0 radical (unpaired) electrons. The lowest BCUT2D eigenvalue weighted by atomic mass is 9.45. The topological polar surface area (TPSA) is 81.4 Å². The minimum Gasteiger partial charge on any atom is -0.451 e. The first-order chi connectivity index (χ1) is 19.0. The zero-order valence-electron chi connectivity index (χ0n) is 23.5. The van der Waals surface area contributed by atoms with Gasteiger partial charge in [-0.15, -0.1) is 0 Å². The number of allylic oxidation sites excluding steroid dienone is 1. The Morgan fingerprint density at radius 2 is 1.98 bits per heavy atom. The first-order valence-corrected chi connectivity index (χ1v) is 16.9. The highest BCUT2D eigenvalue weighted by Gasteiger charge is 2.70. The smallest absolute Gasteiger partial charge is 0.303 e. The van der Waals surface area contributed by atoms with Crippen LogP contribution in [0.5, 0.6) is 0 Å². The fraction of sp³-hybridized carbons (Fsp3) is 0.581. The molecule has 214 valence electrons. The van der Waals surface area contributed by atoms with Crippen LogP contribution < -0.4 is 0 Å². The summed E-state index contributed by atoms with van der Waals surface area (Å²) in [6, 6.07) is 6.39. The zero-order chi connectivity index (χ0) is 28.4. The van der Waals surface area contributed by atoms with Crippen LogP contribution in [-0.2, 0) is 20.7 Å². The number of halogens is 1. The van der Waals surface area contributed by atoms with Crippen LogP contribution in [0.1, 0.15) is 64.1 Å². The molecular weight excluding hydrogens is 547 g/mol. The number of ketones is 1. The lowest BCUT2D eigenvalue weighted by Gasteiger charge is -2.60. The number of esters is 1. The number of aliphatic hydroxyl groups excluding tert-OH is 1. The number of aliphatic hydroxyl groups is 1. The second kappa shape index (κ2) is 10.0. The van der Waals surface area contributed by atoms with E-state index in [4.69, 9.17) is 4.74 Å². The van der Waals surface area contributed by atoms with Gasteiger partial charge >= 0.3 is 5.97 Å². The molecular formula is C31H37FN2O4S2. The van der Waals surface area contributed by atoms with E-state index < -0.39 is 23.1 Å². The van der Waals surface area contributed by atoms with E-state index in [1.165, 1.54) is 46.2 Å². The van der Waals surface area contributed by atoms with Crippen molar-refractivity contribution >= 4 is 39.4 Å². The number of nitrogens with zero attached hydrogens (tertiary/aromatic N) is 2. The summed E-state index contributed by atoms with van der Waals surface area (Å²) < 4.78 is 21.5. The Morgan fingerprint density at radius 1 is 1.23 bits per heavy atom. The number of carbonyl (C=O) groups excluding carboxylic acids is 2. The molecule has 9 heteroatoms. The third kappa shape index (κ3) is 4.05. The van der Waals surface area contributed by atoms with Crippen LogP contribution in [-0.4, -0.2) is 50.4 Å². The second-order valence-corrected chi connectivity index (χ2v) is 15.1. The summed E-state index contributed by atoms with van der Waals surface area (Å²) in [4.78, 5) is 26.1. The zero-order valence-corrected chi connectivity index (χ0v) is 25.1. The Kier molecular flexibility index (Phi) is 7.02. The van der Waals surface area contributed by atoms with Gasteiger partial charge in [0.15, 0.2) is 11.4 Å². The number of fused-ring (bicyclic) bond motifs is 6. The van der Waals surface area contributed by atoms with E-state index >= 15 is 0 Å². The van der Waals surface area contributed by atoms with E-state index in [0.717, 1.165) is 42.6 Å². The van der Waals surface area contributed by atoms with E-state index in [0.29, 0.717) is 12.8 Å². The molecule has 6 nitrogen and oxygen atoms in total. The SMILES string of the molecule is CSSCC(=O)C1(OC(C)=O)CC[C@H]2C3CCC4=Cc5c(cnn5-c5ccc(F)cc5)CC4(C)[C@H]3C(O)CC21C. The number of Topliss-reactive ketones (excluding diaryl/α,β-unsaturated/α-hetero) is 1. The Hall–Kier alpha value is -2.10. The van der Waals surface area contributed by atoms with Crippen molar-refractivity contribution in [3.8, 4) is 5.69 Å². The maximum atomic E-state index is 13.7. The maximum absolute atomic E-state index is 13.7. The molecule has 2 aromatic rings. The summed E-state index contributed by atoms with van der Waals surface area (Å²) >= 11 is 0. The van der Waals surface area contributed by atoms with E-state index in [1.54, 1.807) is 12.1 Å². The van der Waals surface area contributed by atoms with Gasteiger partial charge in [-0.25, -0.2) is 9.07 Å². The van der Waals surface area contributed by atoms with Crippen molar-refractivity contribution in [1.29, 1.82) is 0 Å². The molecule has 1 aromatic carbocycles. The highest BCUT2D eigenvalue weighted by molar-refractivity contribution is 8.76. The van der Waals surface area contributed by atoms with Gasteiger partial charge in [0.2, 0.25) is 0 Å². The largest absolute Gasteiger partial charge is 0.451 e. The minimum atomic E-state index is -1.19. The van der Waals surface area contributed by atoms with Crippen molar-refractivity contribution in [2.75, 3.05) is 12.0 Å². The average molecular weight is 585 g/mol. The molecule has 1 heterocycles. The van der Waals surface area contributed by atoms with Crippen LogP contribution in [0.2, 0.25) is 0 Å². The quantitative estimate of drug-likeness (QED) is 0.327. The van der Waals surface area contributed by atoms with Crippen molar-refractivity contribution in [2.24, 2.45) is 28.6 Å². The fourth-order valence-electron chi connectivity index (χ4n) is 9.12. The summed E-state index contributed by atoms with van der Waals surface area (Å²) in [5.41, 5.74) is 2.26. The van der Waals surface area contributed by atoms with E-state index in [2.05, 4.69) is 25.0 Å². The average Bonchev–Trinajstić information content (AvgIpc) is 3.43. The number of aromatic nitrogens is 2. The molecule has 0 aliphatic heterocycles. The monoisotopic (exact) mass is 584 g/mol. The molecule has 0 bridgehead atoms. The summed E-state index contributed by atoms with van der Waals surface area (Å²) in [6.07, 6.45) is 9.84. The van der Waals surface area contributed by atoms with E-state index in [1.807, 2.05) is 17.1 Å². The van der Waals surface area contributed by atoms with Crippen molar-refractivity contribution in [1.82, 2.24) is 9.78 Å². The van der Waals surface area contributed by atoms with Gasteiger partial charge in [-0.1, -0.05) is 41.0 Å². The van der Waals surface area contributed by atoms with Gasteiger partial charge in [0, 0.05) is 12.3 Å². The van der Waals surface area contributed by atoms with Gasteiger partial charge in [-0.3, -0.25) is 9.59 Å². The van der Waals surface area contributed by atoms with Crippen molar-refractivity contribution in [3.63, 3.8) is 0 Å². The molecule has 4 aliphatic carbocycles. The lowest BCUT2D eigenvalue weighted by molar-refractivity contribution is -0.198. The highest BCUT2D eigenvalue weighted by Crippen LogP contribution is 2.68. The third-order valence-corrected chi connectivity index (χ3v) is 12.4. The van der Waals surface area contributed by atoms with E-state index in [-0.39, 0.29) is 40.5 Å². The number of carbonyl (C=O) groups is 2. The number of hydrogen-bond acceptors (Lipinski definition) is 7. The maximum Gasteiger partial charge on any atom is 0.303 e. The van der Waals surface area contributed by atoms with Crippen molar-refractivity contribution in [2.45, 2.75) is 71.0 Å². The number of hydrogen-bond donors (Lipinski definition) is 1. The third-order valence-electron chi connectivity index (χ3n) is 10.7. The molecule has 3 fully saturated rings. The Morgan fingerprint density at radius 3 is 2.67 bits per heavy atom. The fourth-order valence-corrected chi connectivity index (χ4v) is 10.3. The molecule has 5 unspecified atom stereocenters. The Bertz CT molecular complexity index is 1380. The number of benzene rings is 1. The Balaban J connectivity index is 1.35. The molecule has 4 aliphatic rings. The van der Waals surface area contributed by atoms with Crippen LogP contribution in [0.4, 0.5) is 4.39 Å². The number of rotatable bonds is 6. The van der Waals surface area contributed by atoms with Crippen LogP contribution in [0.25, 0.3) is 11.8 Å². The van der Waals surface area contributed by atoms with E-state index in [9.17, 15) is 19.1 Å². The van der Waals surface area contributed by atoms with Gasteiger partial charge in [0.1, 0.15) is 5.82 Å². The van der Waals surface area contributed by atoms with Gasteiger partial charge in [0.05, 0.1) is 29.4 Å². The highest BCUT2D eigenvalue weighted by atomic mass is 33.1. The summed E-state index contributed by atoms with van der Waals surface area (Å²) in [7, 11) is 3.02. The summed E-state index contributed by atoms with van der Waals surface area (Å²) in [5, 5.41) is 16.6. The Labute approximate surface area is 242 Å². The molecule has 1 N–H and O–H groups in total. The lowest BCUT2D eigenvalue weighted by Crippen LogP contribution is -2.63. The molecule has 7 atom stereocenters. The van der Waals surface area contributed by atoms with Gasteiger partial charge in [-0.2, -0.15) is 5.10 Å². The first kappa shape index (κ1) is 28.0. The molecule has 3 saturated carbocycles. The summed E-state index contributed by atoms with van der Waals surface area (Å²) in [5.74, 6) is -0.00555. The van der Waals surface area contributed by atoms with Gasteiger partial charge in [-0.05, 0) is 104 Å². The van der Waals surface area contributed by atoms with Crippen LogP contribution in [0.3, 0.4) is 0 Å². The van der Waals surface area contributed by atoms with Crippen LogP contribution in [0, 0.1) is 34.4 Å². The predicted molar refractivity (Wildman–Crippen MR) is 156 cm³/mol. The van der Waals surface area contributed by atoms with Gasteiger partial charge < -0.3 is 9.84 Å². The van der Waals surface area contributed by atoms with Crippen LogP contribution >= 0.6 is 21.6 Å². The normalized spacial score (nSPS) is 36.1. The predicted octanol–water partition coefficient (Wildman–Crippen LogP) is 6.05. The van der Waals surface area contributed by atoms with Crippen LogP contribution in [0.15, 0.2) is 36.0 Å². The standard InChI is InChI=1S/C31H37FN2O4S2/c1-18(35)38-31(27(37)17-40-39-4)12-11-24-23-10-5-20-13-25-19(16-33-34(25)22-8-6-21(32)7-9-22)14-29(20,2)28(23)26(36)15-30(24,31)3/h6-9,13,16,23-24,26,28,36H,5,10-12,14-15,17H2,1-4H3/t23?,24-,26?,28+,29?,30?,31?/m0/s1. The molecule has 6 rings (SSSR count). The molecule has 0 saturated heterocycles. The first-order valence-electron chi connectivity index (χ1n) is 14.1. The molecule has 0 amide bonds. The number of ether oxygens (including phenoxy) is 1.